The Morgan fingerprint density at radius 3 is 2.00 bits per heavy atom. The number of para-hydroxylation sites is 2. The minimum Gasteiger partial charge on any atom is -0.464 e. The van der Waals surface area contributed by atoms with Gasteiger partial charge < -0.3 is 10.1 Å². The van der Waals surface area contributed by atoms with Gasteiger partial charge in [0.15, 0.2) is 5.54 Å². The Kier molecular flexibility index (Phi) is 7.85. The Balaban J connectivity index is 1.81. The number of amides is 3. The maximum absolute atomic E-state index is 13.8. The topological polar surface area (TPSA) is 134 Å². The lowest BCUT2D eigenvalue weighted by molar-refractivity contribution is -0.149. The predicted octanol–water partition coefficient (Wildman–Crippen LogP) is 2.75. The van der Waals surface area contributed by atoms with Gasteiger partial charge in [0.05, 0.1) is 12.2 Å². The maximum atomic E-state index is 13.8. The molecule has 3 aromatic carbocycles. The van der Waals surface area contributed by atoms with Crippen LogP contribution in [0.5, 0.6) is 0 Å². The second-order valence-electron chi connectivity index (χ2n) is 8.61. The van der Waals surface area contributed by atoms with E-state index in [1.165, 1.54) is 6.92 Å². The van der Waals surface area contributed by atoms with E-state index in [4.69, 9.17) is 4.74 Å². The van der Waals surface area contributed by atoms with Crippen molar-refractivity contribution in [2.75, 3.05) is 16.8 Å². The molecule has 3 N–H and O–H groups in total. The Hall–Kier alpha value is -5.25. The van der Waals surface area contributed by atoms with Crippen LogP contribution in [-0.4, -0.2) is 41.6 Å². The molecule has 4 rings (SSSR count). The van der Waals surface area contributed by atoms with Crippen molar-refractivity contribution in [3.8, 4) is 0 Å². The van der Waals surface area contributed by atoms with E-state index in [9.17, 15) is 24.0 Å². The highest BCUT2D eigenvalue weighted by Crippen LogP contribution is 2.40. The number of hydrogen-bond donors (Lipinski definition) is 3. The number of hydrogen-bond acceptors (Lipinski definition) is 7. The fraction of sp³-hybridized carbons (Fsp3) is 0.138. The zero-order chi connectivity index (χ0) is 28.0. The van der Waals surface area contributed by atoms with E-state index < -0.39 is 46.3 Å². The van der Waals surface area contributed by atoms with Gasteiger partial charge in [-0.1, -0.05) is 54.6 Å². The van der Waals surface area contributed by atoms with Crippen LogP contribution < -0.4 is 21.1 Å². The average molecular weight is 527 g/mol. The smallest absolute Gasteiger partial charge is 0.337 e. The van der Waals surface area contributed by atoms with Crippen molar-refractivity contribution in [3.05, 3.63) is 108 Å². The van der Waals surface area contributed by atoms with E-state index in [0.29, 0.717) is 5.69 Å². The summed E-state index contributed by atoms with van der Waals surface area (Å²) in [6.45, 7) is 2.86. The standard InChI is InChI=1S/C29H26N4O6/c1-3-39-28(38)29(2)22(24(34)26(36)30-20-15-9-5-10-16-20)23(27(37)33(29)21-17-11-6-12-18-21)31-32-25(35)19-13-7-4-8-14-19/h4-18,31H,3H2,1-2H3,(H,30,36)(H,32,35). The highest BCUT2D eigenvalue weighted by atomic mass is 16.5. The Morgan fingerprint density at radius 1 is 0.846 bits per heavy atom. The number of rotatable bonds is 9. The number of esters is 1. The molecule has 0 fully saturated rings. The third kappa shape index (κ3) is 5.26. The number of ether oxygens (including phenoxy) is 1. The second kappa shape index (κ2) is 11.4. The van der Waals surface area contributed by atoms with E-state index in [1.807, 2.05) is 0 Å². The number of ketones is 1. The molecule has 0 aromatic heterocycles. The minimum atomic E-state index is -2.04. The summed E-state index contributed by atoms with van der Waals surface area (Å²) in [4.78, 5) is 67.9. The molecule has 0 saturated heterocycles. The van der Waals surface area contributed by atoms with Crippen LogP contribution in [0.25, 0.3) is 0 Å². The van der Waals surface area contributed by atoms with Crippen molar-refractivity contribution in [2.24, 2.45) is 0 Å². The van der Waals surface area contributed by atoms with Gasteiger partial charge in [-0.3, -0.25) is 34.9 Å². The molecule has 1 aliphatic heterocycles. The van der Waals surface area contributed by atoms with E-state index in [2.05, 4.69) is 16.2 Å². The summed E-state index contributed by atoms with van der Waals surface area (Å²) in [6, 6.07) is 24.6. The van der Waals surface area contributed by atoms with E-state index >= 15 is 0 Å². The van der Waals surface area contributed by atoms with Crippen molar-refractivity contribution in [1.29, 1.82) is 0 Å². The molecule has 0 bridgehead atoms. The molecule has 0 aliphatic carbocycles. The summed E-state index contributed by atoms with van der Waals surface area (Å²) in [7, 11) is 0. The average Bonchev–Trinajstić information content (AvgIpc) is 3.19. The molecule has 198 valence electrons. The number of carbonyl (C=O) groups is 5. The largest absolute Gasteiger partial charge is 0.464 e. The summed E-state index contributed by atoms with van der Waals surface area (Å²) in [5.41, 5.74) is 2.84. The molecule has 0 saturated carbocycles. The first-order chi connectivity index (χ1) is 18.8. The molecular formula is C29H26N4O6. The number of benzene rings is 3. The maximum Gasteiger partial charge on any atom is 0.337 e. The van der Waals surface area contributed by atoms with Crippen LogP contribution in [-0.2, 0) is 23.9 Å². The monoisotopic (exact) mass is 526 g/mol. The fourth-order valence-electron chi connectivity index (χ4n) is 4.25. The summed E-state index contributed by atoms with van der Waals surface area (Å²) in [6.07, 6.45) is 0. The number of anilines is 2. The van der Waals surface area contributed by atoms with Crippen LogP contribution >= 0.6 is 0 Å². The van der Waals surface area contributed by atoms with Gasteiger partial charge in [-0.25, -0.2) is 4.79 Å². The minimum absolute atomic E-state index is 0.0452. The molecular weight excluding hydrogens is 500 g/mol. The first-order valence-corrected chi connectivity index (χ1v) is 12.1. The first-order valence-electron chi connectivity index (χ1n) is 12.1. The lowest BCUT2D eigenvalue weighted by atomic mass is 9.88. The molecule has 1 aliphatic rings. The summed E-state index contributed by atoms with van der Waals surface area (Å²) >= 11 is 0. The van der Waals surface area contributed by atoms with Crippen LogP contribution in [0.15, 0.2) is 102 Å². The van der Waals surface area contributed by atoms with Crippen molar-refractivity contribution < 1.29 is 28.7 Å². The molecule has 1 atom stereocenters. The summed E-state index contributed by atoms with van der Waals surface area (Å²) in [5.74, 6) is -4.58. The van der Waals surface area contributed by atoms with E-state index in [0.717, 1.165) is 4.90 Å². The van der Waals surface area contributed by atoms with Crippen molar-refractivity contribution >= 4 is 40.8 Å². The lowest BCUT2D eigenvalue weighted by Gasteiger charge is -2.34. The number of carbonyl (C=O) groups excluding carboxylic acids is 5. The number of nitrogens with zero attached hydrogens (tertiary/aromatic N) is 1. The van der Waals surface area contributed by atoms with Gasteiger partial charge in [0, 0.05) is 16.9 Å². The van der Waals surface area contributed by atoms with Crippen LogP contribution in [0.4, 0.5) is 11.4 Å². The van der Waals surface area contributed by atoms with Gasteiger partial charge in [-0.05, 0) is 50.2 Å². The zero-order valence-electron chi connectivity index (χ0n) is 21.3. The number of nitrogens with one attached hydrogen (secondary N) is 3. The third-order valence-corrected chi connectivity index (χ3v) is 6.09. The molecule has 3 amide bonds. The van der Waals surface area contributed by atoms with Crippen LogP contribution in [0.2, 0.25) is 0 Å². The van der Waals surface area contributed by atoms with Gasteiger partial charge in [-0.2, -0.15) is 0 Å². The summed E-state index contributed by atoms with van der Waals surface area (Å²) in [5, 5.41) is 2.49. The van der Waals surface area contributed by atoms with Gasteiger partial charge in [0.2, 0.25) is 0 Å². The molecule has 10 nitrogen and oxygen atoms in total. The molecule has 1 heterocycles. The van der Waals surface area contributed by atoms with Gasteiger partial charge in [0.1, 0.15) is 5.70 Å². The fourth-order valence-corrected chi connectivity index (χ4v) is 4.25. The molecule has 39 heavy (non-hydrogen) atoms. The van der Waals surface area contributed by atoms with Crippen molar-refractivity contribution in [3.63, 3.8) is 0 Å². The molecule has 3 aromatic rings. The van der Waals surface area contributed by atoms with Crippen LogP contribution in [0, 0.1) is 0 Å². The summed E-state index contributed by atoms with van der Waals surface area (Å²) < 4.78 is 5.28. The Bertz CT molecular complexity index is 1440. The Labute approximate surface area is 224 Å². The van der Waals surface area contributed by atoms with E-state index in [1.54, 1.807) is 97.9 Å². The number of hydrazine groups is 1. The second-order valence-corrected chi connectivity index (χ2v) is 8.61. The van der Waals surface area contributed by atoms with E-state index in [-0.39, 0.29) is 17.9 Å². The third-order valence-electron chi connectivity index (χ3n) is 6.09. The Morgan fingerprint density at radius 2 is 1.41 bits per heavy atom. The normalized spacial score (nSPS) is 16.5. The van der Waals surface area contributed by atoms with Crippen molar-refractivity contribution in [2.45, 2.75) is 19.4 Å². The van der Waals surface area contributed by atoms with Crippen LogP contribution in [0.3, 0.4) is 0 Å². The lowest BCUT2D eigenvalue weighted by Crippen LogP contribution is -2.55. The molecule has 10 heteroatoms. The quantitative estimate of drug-likeness (QED) is 0.222. The van der Waals surface area contributed by atoms with Crippen LogP contribution in [0.1, 0.15) is 24.2 Å². The van der Waals surface area contributed by atoms with Crippen molar-refractivity contribution in [1.82, 2.24) is 10.9 Å². The SMILES string of the molecule is CCOC(=O)C1(C)C(C(=O)C(=O)Nc2ccccc2)=C(NNC(=O)c2ccccc2)C(=O)N1c1ccccc1. The predicted molar refractivity (Wildman–Crippen MR) is 143 cm³/mol. The first kappa shape index (κ1) is 26.8. The highest BCUT2D eigenvalue weighted by molar-refractivity contribution is 6.49. The van der Waals surface area contributed by atoms with Gasteiger partial charge in [-0.15, -0.1) is 0 Å². The molecule has 0 radical (unpaired) electrons. The van der Waals surface area contributed by atoms with Gasteiger partial charge >= 0.3 is 5.97 Å². The highest BCUT2D eigenvalue weighted by Gasteiger charge is 2.58. The van der Waals surface area contributed by atoms with Gasteiger partial charge in [0.25, 0.3) is 23.5 Å². The molecule has 1 unspecified atom stereocenters. The number of Topliss-reactive ketones (excluding diaryl/α,β-unsaturated/α-hetero) is 1. The zero-order valence-corrected chi connectivity index (χ0v) is 21.3. The molecule has 0 spiro atoms.